The lowest BCUT2D eigenvalue weighted by molar-refractivity contribution is -0.141. The molecule has 0 aromatic carbocycles. The van der Waals surface area contributed by atoms with Gasteiger partial charge in [0.15, 0.2) is 0 Å². The van der Waals surface area contributed by atoms with Crippen LogP contribution < -0.4 is 5.32 Å². The van der Waals surface area contributed by atoms with Gasteiger partial charge in [-0.15, -0.1) is 11.8 Å². The minimum atomic E-state index is -0.971. The maximum atomic E-state index is 12.5. The van der Waals surface area contributed by atoms with Crippen molar-refractivity contribution < 1.29 is 14.7 Å². The third-order valence-corrected chi connectivity index (χ3v) is 5.11. The highest BCUT2D eigenvalue weighted by atomic mass is 32.2. The molecular formula is C13H20N4O3S. The maximum absolute atomic E-state index is 12.5. The Morgan fingerprint density at radius 1 is 1.48 bits per heavy atom. The SMILES string of the molecule is Cc1n[nH]c(C)c1NC(=O)N1C(C(=O)O)CSC1C(C)C. The quantitative estimate of drug-likeness (QED) is 0.793. The molecule has 0 aliphatic carbocycles. The Morgan fingerprint density at radius 2 is 2.14 bits per heavy atom. The van der Waals surface area contributed by atoms with Gasteiger partial charge in [-0.2, -0.15) is 5.10 Å². The van der Waals surface area contributed by atoms with Crippen molar-refractivity contribution in [1.82, 2.24) is 15.1 Å². The largest absolute Gasteiger partial charge is 0.480 e. The minimum absolute atomic E-state index is 0.140. The van der Waals surface area contributed by atoms with Crippen LogP contribution in [0.1, 0.15) is 25.2 Å². The second-order valence-electron chi connectivity index (χ2n) is 5.47. The normalized spacial score (nSPS) is 21.9. The number of nitrogens with zero attached hydrogens (tertiary/aromatic N) is 2. The molecule has 1 fully saturated rings. The Hall–Kier alpha value is -1.70. The van der Waals surface area contributed by atoms with E-state index >= 15 is 0 Å². The van der Waals surface area contributed by atoms with Gasteiger partial charge in [-0.05, 0) is 19.8 Å². The van der Waals surface area contributed by atoms with E-state index in [1.807, 2.05) is 20.8 Å². The number of aromatic amines is 1. The molecule has 1 saturated heterocycles. The smallest absolute Gasteiger partial charge is 0.327 e. The molecule has 21 heavy (non-hydrogen) atoms. The number of carbonyl (C=O) groups is 2. The number of hydrogen-bond donors (Lipinski definition) is 3. The summed E-state index contributed by atoms with van der Waals surface area (Å²) in [4.78, 5) is 25.3. The highest BCUT2D eigenvalue weighted by Gasteiger charge is 2.43. The molecule has 2 amide bonds. The first-order chi connectivity index (χ1) is 9.82. The van der Waals surface area contributed by atoms with Crippen LogP contribution in [-0.4, -0.2) is 49.4 Å². The zero-order valence-corrected chi connectivity index (χ0v) is 13.3. The number of hydrogen-bond acceptors (Lipinski definition) is 4. The van der Waals surface area contributed by atoms with Crippen LogP contribution in [0.4, 0.5) is 10.5 Å². The third-order valence-electron chi connectivity index (χ3n) is 3.48. The number of thioether (sulfide) groups is 1. The van der Waals surface area contributed by atoms with Crippen LogP contribution in [0.5, 0.6) is 0 Å². The van der Waals surface area contributed by atoms with Crippen molar-refractivity contribution >= 4 is 29.4 Å². The van der Waals surface area contributed by atoms with Gasteiger partial charge in [0.1, 0.15) is 6.04 Å². The van der Waals surface area contributed by atoms with E-state index in [-0.39, 0.29) is 11.3 Å². The van der Waals surface area contributed by atoms with E-state index in [0.29, 0.717) is 17.1 Å². The van der Waals surface area contributed by atoms with E-state index in [9.17, 15) is 14.7 Å². The maximum Gasteiger partial charge on any atom is 0.327 e. The van der Waals surface area contributed by atoms with E-state index in [2.05, 4.69) is 15.5 Å². The molecule has 3 N–H and O–H groups in total. The topological polar surface area (TPSA) is 98.3 Å². The first kappa shape index (κ1) is 15.7. The van der Waals surface area contributed by atoms with Crippen LogP contribution in [0.25, 0.3) is 0 Å². The van der Waals surface area contributed by atoms with E-state index in [1.54, 1.807) is 6.92 Å². The molecule has 0 radical (unpaired) electrons. The number of nitrogens with one attached hydrogen (secondary N) is 2. The molecule has 0 spiro atoms. The van der Waals surface area contributed by atoms with Crippen LogP contribution in [0.15, 0.2) is 0 Å². The second kappa shape index (κ2) is 5.97. The Kier molecular flexibility index (Phi) is 4.46. The van der Waals surface area contributed by atoms with Gasteiger partial charge < -0.3 is 10.4 Å². The van der Waals surface area contributed by atoms with Crippen molar-refractivity contribution in [2.24, 2.45) is 5.92 Å². The molecule has 1 aromatic heterocycles. The van der Waals surface area contributed by atoms with Gasteiger partial charge >= 0.3 is 12.0 Å². The molecule has 7 nitrogen and oxygen atoms in total. The zero-order chi connectivity index (χ0) is 15.7. The fourth-order valence-corrected chi connectivity index (χ4v) is 3.87. The van der Waals surface area contributed by atoms with Crippen LogP contribution in [-0.2, 0) is 4.79 Å². The standard InChI is InChI=1S/C13H20N4O3S/c1-6(2)11-17(9(5-21-11)12(18)19)13(20)14-10-7(3)15-16-8(10)4/h6,9,11H,5H2,1-4H3,(H,14,20)(H,15,16)(H,18,19). The predicted octanol–water partition coefficient (Wildman–Crippen LogP) is 2.04. The van der Waals surface area contributed by atoms with E-state index in [1.165, 1.54) is 16.7 Å². The number of amides is 2. The lowest BCUT2D eigenvalue weighted by Gasteiger charge is -2.29. The molecule has 2 unspecified atom stereocenters. The number of aromatic nitrogens is 2. The van der Waals surface area contributed by atoms with Crippen molar-refractivity contribution in [2.75, 3.05) is 11.1 Å². The fraction of sp³-hybridized carbons (Fsp3) is 0.615. The lowest BCUT2D eigenvalue weighted by Crippen LogP contribution is -2.49. The third kappa shape index (κ3) is 2.99. The fourth-order valence-electron chi connectivity index (χ4n) is 2.40. The molecule has 2 atom stereocenters. The van der Waals surface area contributed by atoms with Crippen molar-refractivity contribution in [3.8, 4) is 0 Å². The highest BCUT2D eigenvalue weighted by Crippen LogP contribution is 2.34. The average Bonchev–Trinajstić information content (AvgIpc) is 2.97. The average molecular weight is 312 g/mol. The predicted molar refractivity (Wildman–Crippen MR) is 81.4 cm³/mol. The number of carbonyl (C=O) groups excluding carboxylic acids is 1. The number of urea groups is 1. The van der Waals surface area contributed by atoms with Gasteiger partial charge in [0.2, 0.25) is 0 Å². The minimum Gasteiger partial charge on any atom is -0.480 e. The molecular weight excluding hydrogens is 292 g/mol. The van der Waals surface area contributed by atoms with Crippen LogP contribution in [0.2, 0.25) is 0 Å². The van der Waals surface area contributed by atoms with E-state index in [4.69, 9.17) is 0 Å². The molecule has 116 valence electrons. The summed E-state index contributed by atoms with van der Waals surface area (Å²) >= 11 is 1.51. The van der Waals surface area contributed by atoms with Crippen LogP contribution in [0.3, 0.4) is 0 Å². The molecule has 1 aromatic rings. The summed E-state index contributed by atoms with van der Waals surface area (Å²) in [5.74, 6) is -0.382. The molecule has 0 saturated carbocycles. The highest BCUT2D eigenvalue weighted by molar-refractivity contribution is 8.00. The summed E-state index contributed by atoms with van der Waals surface area (Å²) in [6, 6.07) is -1.19. The van der Waals surface area contributed by atoms with Gasteiger partial charge in [0, 0.05) is 5.75 Å². The number of aryl methyl sites for hydroxylation is 2. The Bertz CT molecular complexity index is 538. The number of aliphatic carboxylic acids is 1. The number of H-pyrrole nitrogens is 1. The first-order valence-electron chi connectivity index (χ1n) is 6.78. The summed E-state index contributed by atoms with van der Waals surface area (Å²) in [5.41, 5.74) is 2.05. The molecule has 2 heterocycles. The molecule has 1 aliphatic rings. The van der Waals surface area contributed by atoms with Gasteiger partial charge in [-0.25, -0.2) is 9.59 Å². The van der Waals surface area contributed by atoms with Crippen molar-refractivity contribution in [3.63, 3.8) is 0 Å². The lowest BCUT2D eigenvalue weighted by atomic mass is 10.1. The van der Waals surface area contributed by atoms with Gasteiger partial charge in [0.05, 0.1) is 22.4 Å². The molecule has 1 aliphatic heterocycles. The zero-order valence-electron chi connectivity index (χ0n) is 12.5. The Labute approximate surface area is 127 Å². The molecule has 0 bridgehead atoms. The van der Waals surface area contributed by atoms with Crippen LogP contribution >= 0.6 is 11.8 Å². The summed E-state index contributed by atoms with van der Waals surface area (Å²) in [7, 11) is 0. The number of rotatable bonds is 3. The van der Waals surface area contributed by atoms with Gasteiger partial charge in [-0.1, -0.05) is 13.8 Å². The van der Waals surface area contributed by atoms with Crippen molar-refractivity contribution in [3.05, 3.63) is 11.4 Å². The van der Waals surface area contributed by atoms with Gasteiger partial charge in [0.25, 0.3) is 0 Å². The number of carboxylic acids is 1. The summed E-state index contributed by atoms with van der Waals surface area (Å²) in [5, 5.41) is 18.8. The number of anilines is 1. The summed E-state index contributed by atoms with van der Waals surface area (Å²) in [6.45, 7) is 7.56. The molecule has 2 rings (SSSR count). The van der Waals surface area contributed by atoms with E-state index < -0.39 is 18.0 Å². The van der Waals surface area contributed by atoms with Gasteiger partial charge in [-0.3, -0.25) is 10.00 Å². The number of carboxylic acid groups (broad SMARTS) is 1. The van der Waals surface area contributed by atoms with Crippen molar-refractivity contribution in [1.29, 1.82) is 0 Å². The summed E-state index contributed by atoms with van der Waals surface area (Å²) in [6.07, 6.45) is 0. The monoisotopic (exact) mass is 312 g/mol. The van der Waals surface area contributed by atoms with E-state index in [0.717, 1.165) is 5.69 Å². The molecule has 8 heteroatoms. The Balaban J connectivity index is 2.23. The van der Waals surface area contributed by atoms with Crippen molar-refractivity contribution in [2.45, 2.75) is 39.1 Å². The first-order valence-corrected chi connectivity index (χ1v) is 7.83. The second-order valence-corrected chi connectivity index (χ2v) is 6.62. The summed E-state index contributed by atoms with van der Waals surface area (Å²) < 4.78 is 0. The van der Waals surface area contributed by atoms with Crippen LogP contribution in [0, 0.1) is 19.8 Å². The Morgan fingerprint density at radius 3 is 2.62 bits per heavy atom.